The van der Waals surface area contributed by atoms with Crippen LogP contribution in [0.2, 0.25) is 5.15 Å². The lowest BCUT2D eigenvalue weighted by molar-refractivity contribution is -0.0578. The number of nitrogens with one attached hydrogen (secondary N) is 1. The van der Waals surface area contributed by atoms with Gasteiger partial charge in [0, 0.05) is 6.54 Å². The molecule has 1 N–H and O–H groups in total. The van der Waals surface area contributed by atoms with Crippen LogP contribution in [0.3, 0.4) is 0 Å². The van der Waals surface area contributed by atoms with Crippen molar-refractivity contribution in [1.29, 1.82) is 0 Å². The van der Waals surface area contributed by atoms with E-state index in [-0.39, 0.29) is 28.5 Å². The van der Waals surface area contributed by atoms with Gasteiger partial charge in [0.2, 0.25) is 5.88 Å². The van der Waals surface area contributed by atoms with Gasteiger partial charge in [-0.25, -0.2) is 14.2 Å². The van der Waals surface area contributed by atoms with Gasteiger partial charge in [-0.1, -0.05) is 23.4 Å². The van der Waals surface area contributed by atoms with Gasteiger partial charge in [-0.2, -0.15) is 4.98 Å². The first-order valence-electron chi connectivity index (χ1n) is 9.59. The van der Waals surface area contributed by atoms with Crippen molar-refractivity contribution in [2.75, 3.05) is 26.0 Å². The van der Waals surface area contributed by atoms with Crippen LogP contribution >= 0.6 is 23.4 Å². The molecule has 1 amide bonds. The number of hydrogen-bond acceptors (Lipinski definition) is 8. The average Bonchev–Trinajstić information content (AvgIpc) is 2.69. The van der Waals surface area contributed by atoms with E-state index in [1.54, 1.807) is 34.0 Å². The molecule has 1 aliphatic rings. The highest BCUT2D eigenvalue weighted by atomic mass is 35.5. The molecule has 1 aliphatic heterocycles. The van der Waals surface area contributed by atoms with Crippen LogP contribution in [0.4, 0.5) is 9.18 Å². The summed E-state index contributed by atoms with van der Waals surface area (Å²) in [6, 6.07) is -0.526. The number of halogens is 2. The monoisotopic (exact) mass is 474 g/mol. The highest BCUT2D eigenvalue weighted by molar-refractivity contribution is 7.98. The second kappa shape index (κ2) is 9.17. The molecule has 2 aromatic heterocycles. The minimum absolute atomic E-state index is 0.160. The molecule has 0 radical (unpaired) electrons. The van der Waals surface area contributed by atoms with Crippen molar-refractivity contribution in [2.24, 2.45) is 0 Å². The normalized spacial score (nSPS) is 18.2. The van der Waals surface area contributed by atoms with Crippen LogP contribution in [-0.4, -0.2) is 69.7 Å². The summed E-state index contributed by atoms with van der Waals surface area (Å²) >= 11 is 7.08. The smallest absolute Gasteiger partial charge is 0.410 e. The van der Waals surface area contributed by atoms with Gasteiger partial charge >= 0.3 is 6.09 Å². The molecule has 1 saturated heterocycles. The summed E-state index contributed by atoms with van der Waals surface area (Å²) in [5, 5.41) is -0.398. The van der Waals surface area contributed by atoms with E-state index in [0.29, 0.717) is 13.2 Å². The number of carbonyl (C=O) groups is 1. The number of amides is 1. The predicted octanol–water partition coefficient (Wildman–Crippen LogP) is 3.24. The van der Waals surface area contributed by atoms with Crippen LogP contribution in [0.5, 0.6) is 5.88 Å². The van der Waals surface area contributed by atoms with Crippen molar-refractivity contribution >= 4 is 40.4 Å². The average molecular weight is 475 g/mol. The Morgan fingerprint density at radius 2 is 2.13 bits per heavy atom. The number of thioether (sulfide) groups is 1. The van der Waals surface area contributed by atoms with Gasteiger partial charge in [-0.3, -0.25) is 9.69 Å². The van der Waals surface area contributed by atoms with Crippen molar-refractivity contribution in [1.82, 2.24) is 19.9 Å². The number of aromatic amines is 1. The molecule has 0 aromatic carbocycles. The molecule has 0 spiro atoms. The lowest BCUT2D eigenvalue weighted by Gasteiger charge is -2.39. The Bertz CT molecular complexity index is 1040. The van der Waals surface area contributed by atoms with Crippen LogP contribution in [0.1, 0.15) is 27.7 Å². The molecule has 2 atom stereocenters. The first kappa shape index (κ1) is 23.6. The van der Waals surface area contributed by atoms with Crippen LogP contribution in [0.25, 0.3) is 10.9 Å². The summed E-state index contributed by atoms with van der Waals surface area (Å²) in [7, 11) is 0. The molecular formula is C19H24ClFN4O5S. The molecule has 3 rings (SSSR count). The Labute approximate surface area is 187 Å². The second-order valence-electron chi connectivity index (χ2n) is 7.96. The fourth-order valence-corrected chi connectivity index (χ4v) is 3.64. The van der Waals surface area contributed by atoms with E-state index in [1.807, 2.05) is 0 Å². The number of morpholine rings is 1. The Hall–Kier alpha value is -2.11. The van der Waals surface area contributed by atoms with Gasteiger partial charge in [0.15, 0.2) is 16.1 Å². The van der Waals surface area contributed by atoms with Crippen molar-refractivity contribution in [2.45, 2.75) is 50.6 Å². The third kappa shape index (κ3) is 5.21. The first-order valence-corrected chi connectivity index (χ1v) is 11.2. The Morgan fingerprint density at radius 1 is 1.42 bits per heavy atom. The molecule has 0 bridgehead atoms. The van der Waals surface area contributed by atoms with E-state index in [0.717, 1.165) is 11.8 Å². The summed E-state index contributed by atoms with van der Waals surface area (Å²) in [6.07, 6.45) is 0.513. The Balaban J connectivity index is 1.95. The van der Waals surface area contributed by atoms with E-state index in [4.69, 9.17) is 25.8 Å². The van der Waals surface area contributed by atoms with Gasteiger partial charge in [-0.05, 0) is 34.0 Å². The number of H-pyrrole nitrogens is 1. The van der Waals surface area contributed by atoms with Crippen LogP contribution in [0.15, 0.2) is 9.95 Å². The molecule has 0 saturated carbocycles. The van der Waals surface area contributed by atoms with Crippen molar-refractivity contribution in [3.8, 4) is 5.88 Å². The summed E-state index contributed by atoms with van der Waals surface area (Å²) in [5.41, 5.74) is -1.51. The Kier molecular flexibility index (Phi) is 6.97. The lowest BCUT2D eigenvalue weighted by atomic mass is 10.1. The maximum absolute atomic E-state index is 14.5. The van der Waals surface area contributed by atoms with Gasteiger partial charge in [-0.15, -0.1) is 0 Å². The highest BCUT2D eigenvalue weighted by Crippen LogP contribution is 2.29. The fraction of sp³-hybridized carbons (Fsp3) is 0.579. The number of ether oxygens (including phenoxy) is 3. The zero-order chi connectivity index (χ0) is 22.9. The zero-order valence-corrected chi connectivity index (χ0v) is 19.4. The zero-order valence-electron chi connectivity index (χ0n) is 17.8. The number of pyridine rings is 1. The lowest BCUT2D eigenvalue weighted by Crippen LogP contribution is -2.55. The van der Waals surface area contributed by atoms with E-state index in [9.17, 15) is 14.0 Å². The largest absolute Gasteiger partial charge is 0.472 e. The second-order valence-corrected chi connectivity index (χ2v) is 9.11. The summed E-state index contributed by atoms with van der Waals surface area (Å²) in [4.78, 5) is 37.3. The molecule has 170 valence electrons. The Morgan fingerprint density at radius 3 is 2.77 bits per heavy atom. The maximum Gasteiger partial charge on any atom is 0.410 e. The van der Waals surface area contributed by atoms with E-state index >= 15 is 0 Å². The minimum atomic E-state index is -0.908. The summed E-state index contributed by atoms with van der Waals surface area (Å²) < 4.78 is 31.4. The molecule has 9 nitrogen and oxygen atoms in total. The number of rotatable bonds is 4. The number of carbonyl (C=O) groups excluding carboxylic acids is 1. The fourth-order valence-electron chi connectivity index (χ4n) is 3.10. The quantitative estimate of drug-likeness (QED) is 0.409. The van der Waals surface area contributed by atoms with Crippen LogP contribution in [0, 0.1) is 5.82 Å². The van der Waals surface area contributed by atoms with Crippen molar-refractivity contribution in [3.05, 3.63) is 21.3 Å². The number of nitrogens with zero attached hydrogens (tertiary/aromatic N) is 3. The summed E-state index contributed by atoms with van der Waals surface area (Å²) in [5.74, 6) is -1.08. The number of fused-ring (bicyclic) bond motifs is 1. The SMILES string of the molecule is CSc1nc2c(F)c(Cl)nc(O[C@H](C)[C@@H]3COCCN3C(=O)OC(C)(C)C)c2c(=O)[nH]1. The van der Waals surface area contributed by atoms with Crippen molar-refractivity contribution in [3.63, 3.8) is 0 Å². The summed E-state index contributed by atoms with van der Waals surface area (Å²) in [6.45, 7) is 7.88. The molecule has 31 heavy (non-hydrogen) atoms. The van der Waals surface area contributed by atoms with Gasteiger partial charge in [0.1, 0.15) is 22.6 Å². The van der Waals surface area contributed by atoms with Gasteiger partial charge in [0.05, 0.1) is 19.3 Å². The molecule has 3 heterocycles. The van der Waals surface area contributed by atoms with Crippen LogP contribution in [-0.2, 0) is 9.47 Å². The number of aromatic nitrogens is 3. The van der Waals surface area contributed by atoms with E-state index in [1.165, 1.54) is 4.90 Å². The third-order valence-corrected chi connectivity index (χ3v) is 5.36. The minimum Gasteiger partial charge on any atom is -0.472 e. The number of hydrogen-bond donors (Lipinski definition) is 1. The van der Waals surface area contributed by atoms with Gasteiger partial charge < -0.3 is 19.2 Å². The predicted molar refractivity (Wildman–Crippen MR) is 115 cm³/mol. The molecule has 0 aliphatic carbocycles. The van der Waals surface area contributed by atoms with E-state index in [2.05, 4.69) is 15.0 Å². The third-order valence-electron chi connectivity index (χ3n) is 4.53. The topological polar surface area (TPSA) is 107 Å². The highest BCUT2D eigenvalue weighted by Gasteiger charge is 2.36. The first-order chi connectivity index (χ1) is 14.5. The van der Waals surface area contributed by atoms with Crippen molar-refractivity contribution < 1.29 is 23.4 Å². The van der Waals surface area contributed by atoms with E-state index < -0.39 is 40.4 Å². The molecule has 12 heteroatoms. The maximum atomic E-state index is 14.5. The molecule has 1 fully saturated rings. The molecular weight excluding hydrogens is 451 g/mol. The standard InChI is InChI=1S/C19H24ClFN4O5S/c1-9(10-8-28-7-6-25(10)18(27)30-19(2,3)4)29-16-11-13(12(21)14(20)23-16)22-17(31-5)24-15(11)26/h9-10H,6-8H2,1-5H3,(H,22,24,26)/t9-,10+/m1/s1. The molecule has 0 unspecified atom stereocenters. The van der Waals surface area contributed by atoms with Gasteiger partial charge in [0.25, 0.3) is 5.56 Å². The molecule has 2 aromatic rings. The van der Waals surface area contributed by atoms with Crippen LogP contribution < -0.4 is 10.3 Å².